The summed E-state index contributed by atoms with van der Waals surface area (Å²) in [5, 5.41) is 2.83. The van der Waals surface area contributed by atoms with E-state index in [0.29, 0.717) is 11.4 Å². The van der Waals surface area contributed by atoms with Crippen LogP contribution in [0.4, 0.5) is 11.4 Å². The lowest BCUT2D eigenvalue weighted by Gasteiger charge is -2.28. The van der Waals surface area contributed by atoms with Crippen molar-refractivity contribution < 1.29 is 13.2 Å². The van der Waals surface area contributed by atoms with Crippen molar-refractivity contribution >= 4 is 27.3 Å². The van der Waals surface area contributed by atoms with Crippen LogP contribution in [0.1, 0.15) is 18.1 Å². The third kappa shape index (κ3) is 3.94. The fourth-order valence-corrected chi connectivity index (χ4v) is 3.68. The molecule has 1 N–H and O–H groups in total. The summed E-state index contributed by atoms with van der Waals surface area (Å²) in [7, 11) is -3.60. The number of amides is 1. The lowest BCUT2D eigenvalue weighted by atomic mass is 10.1. The molecule has 2 aromatic rings. The molecule has 0 heterocycles. The van der Waals surface area contributed by atoms with E-state index >= 15 is 0 Å². The Hall–Kier alpha value is -2.34. The number of carbonyl (C=O) groups is 1. The van der Waals surface area contributed by atoms with Gasteiger partial charge in [0.05, 0.1) is 11.9 Å². The number of anilines is 2. The molecule has 1 amide bonds. The molecule has 24 heavy (non-hydrogen) atoms. The molecule has 0 spiro atoms. The highest BCUT2D eigenvalue weighted by molar-refractivity contribution is 7.92. The molecule has 0 aliphatic heterocycles. The van der Waals surface area contributed by atoms with Gasteiger partial charge in [-0.05, 0) is 50.1 Å². The van der Waals surface area contributed by atoms with Gasteiger partial charge in [0, 0.05) is 5.69 Å². The van der Waals surface area contributed by atoms with Gasteiger partial charge in [0.1, 0.15) is 6.04 Å². The summed E-state index contributed by atoms with van der Waals surface area (Å²) in [6, 6.07) is 13.4. The summed E-state index contributed by atoms with van der Waals surface area (Å²) in [6.07, 6.45) is 1.10. The highest BCUT2D eigenvalue weighted by atomic mass is 32.2. The average molecular weight is 346 g/mol. The molecule has 0 aliphatic rings. The van der Waals surface area contributed by atoms with Gasteiger partial charge in [-0.15, -0.1) is 0 Å². The van der Waals surface area contributed by atoms with Gasteiger partial charge in [-0.2, -0.15) is 0 Å². The van der Waals surface area contributed by atoms with Gasteiger partial charge in [0.15, 0.2) is 0 Å². The summed E-state index contributed by atoms with van der Waals surface area (Å²) in [6.45, 7) is 5.46. The van der Waals surface area contributed by atoms with Crippen LogP contribution >= 0.6 is 0 Å². The van der Waals surface area contributed by atoms with Gasteiger partial charge in [-0.3, -0.25) is 9.10 Å². The molecule has 2 aromatic carbocycles. The van der Waals surface area contributed by atoms with Gasteiger partial charge in [-0.25, -0.2) is 8.42 Å². The Morgan fingerprint density at radius 3 is 2.25 bits per heavy atom. The summed E-state index contributed by atoms with van der Waals surface area (Å²) in [5.74, 6) is -0.377. The summed E-state index contributed by atoms with van der Waals surface area (Å²) in [5.41, 5.74) is 3.17. The summed E-state index contributed by atoms with van der Waals surface area (Å²) in [4.78, 5) is 12.6. The van der Waals surface area contributed by atoms with Crippen LogP contribution in [0.5, 0.6) is 0 Å². The maximum atomic E-state index is 12.6. The van der Waals surface area contributed by atoms with Gasteiger partial charge >= 0.3 is 0 Å². The van der Waals surface area contributed by atoms with E-state index in [2.05, 4.69) is 5.32 Å². The number of para-hydroxylation sites is 1. The first-order valence-electron chi connectivity index (χ1n) is 7.63. The van der Waals surface area contributed by atoms with Gasteiger partial charge in [0.2, 0.25) is 15.9 Å². The smallest absolute Gasteiger partial charge is 0.248 e. The standard InChI is InChI=1S/C18H22N2O3S/c1-13-9-8-12-17(14(13)2)19-18(21)15(3)20(24(4,22)23)16-10-6-5-7-11-16/h5-12,15H,1-4H3,(H,19,21)/t15-/m1/s1. The summed E-state index contributed by atoms with van der Waals surface area (Å²) < 4.78 is 25.5. The average Bonchev–Trinajstić information content (AvgIpc) is 2.51. The van der Waals surface area contributed by atoms with Crippen molar-refractivity contribution in [1.82, 2.24) is 0 Å². The second kappa shape index (κ2) is 7.05. The second-order valence-corrected chi connectivity index (χ2v) is 7.67. The first kappa shape index (κ1) is 18.0. The van der Waals surface area contributed by atoms with E-state index < -0.39 is 16.1 Å². The highest BCUT2D eigenvalue weighted by Crippen LogP contribution is 2.22. The maximum Gasteiger partial charge on any atom is 0.248 e. The summed E-state index contributed by atoms with van der Waals surface area (Å²) >= 11 is 0. The lowest BCUT2D eigenvalue weighted by molar-refractivity contribution is -0.116. The Labute approximate surface area is 143 Å². The monoisotopic (exact) mass is 346 g/mol. The van der Waals surface area contributed by atoms with Crippen molar-refractivity contribution in [2.24, 2.45) is 0 Å². The van der Waals surface area contributed by atoms with Crippen molar-refractivity contribution in [2.75, 3.05) is 15.9 Å². The van der Waals surface area contributed by atoms with E-state index in [4.69, 9.17) is 0 Å². The van der Waals surface area contributed by atoms with Crippen LogP contribution in [0, 0.1) is 13.8 Å². The lowest BCUT2D eigenvalue weighted by Crippen LogP contribution is -2.45. The molecule has 0 saturated carbocycles. The molecule has 0 fully saturated rings. The van der Waals surface area contributed by atoms with E-state index in [9.17, 15) is 13.2 Å². The number of hydrogen-bond donors (Lipinski definition) is 1. The predicted octanol–water partition coefficient (Wildman–Crippen LogP) is 3.10. The van der Waals surface area contributed by atoms with Gasteiger partial charge < -0.3 is 5.32 Å². The number of benzene rings is 2. The van der Waals surface area contributed by atoms with Gasteiger partial charge in [0.25, 0.3) is 0 Å². The van der Waals surface area contributed by atoms with Crippen molar-refractivity contribution in [2.45, 2.75) is 26.8 Å². The van der Waals surface area contributed by atoms with Crippen molar-refractivity contribution in [3.05, 3.63) is 59.7 Å². The molecule has 6 heteroatoms. The second-order valence-electron chi connectivity index (χ2n) is 5.81. The number of sulfonamides is 1. The Morgan fingerprint density at radius 1 is 1.04 bits per heavy atom. The molecule has 2 rings (SSSR count). The fourth-order valence-electron chi connectivity index (χ4n) is 2.51. The molecule has 128 valence electrons. The third-order valence-electron chi connectivity index (χ3n) is 3.96. The molecule has 0 aromatic heterocycles. The van der Waals surface area contributed by atoms with Crippen molar-refractivity contribution in [3.63, 3.8) is 0 Å². The van der Waals surface area contributed by atoms with E-state index in [1.165, 1.54) is 0 Å². The SMILES string of the molecule is Cc1cccc(NC(=O)[C@@H](C)N(c2ccccc2)S(C)(=O)=O)c1C. The highest BCUT2D eigenvalue weighted by Gasteiger charge is 2.29. The zero-order valence-corrected chi connectivity index (χ0v) is 15.1. The van der Waals surface area contributed by atoms with Crippen LogP contribution < -0.4 is 9.62 Å². The Morgan fingerprint density at radius 2 is 1.67 bits per heavy atom. The topological polar surface area (TPSA) is 66.5 Å². The van der Waals surface area contributed by atoms with Crippen molar-refractivity contribution in [1.29, 1.82) is 0 Å². The first-order chi connectivity index (χ1) is 11.2. The molecule has 1 atom stereocenters. The molecule has 0 unspecified atom stereocenters. The Kier molecular flexibility index (Phi) is 5.29. The first-order valence-corrected chi connectivity index (χ1v) is 9.48. The van der Waals surface area contributed by atoms with Crippen molar-refractivity contribution in [3.8, 4) is 0 Å². The molecule has 0 bridgehead atoms. The zero-order valence-electron chi connectivity index (χ0n) is 14.3. The molecule has 0 saturated heterocycles. The maximum absolute atomic E-state index is 12.6. The minimum absolute atomic E-state index is 0.377. The number of hydrogen-bond acceptors (Lipinski definition) is 3. The van der Waals surface area contributed by atoms with E-state index in [1.807, 2.05) is 26.0 Å². The molecule has 5 nitrogen and oxygen atoms in total. The fraction of sp³-hybridized carbons (Fsp3) is 0.278. The van der Waals surface area contributed by atoms with E-state index in [1.54, 1.807) is 43.3 Å². The van der Waals surface area contributed by atoms with Crippen LogP contribution in [0.3, 0.4) is 0 Å². The number of rotatable bonds is 5. The predicted molar refractivity (Wildman–Crippen MR) is 97.8 cm³/mol. The van der Waals surface area contributed by atoms with Crippen LogP contribution in [-0.2, 0) is 14.8 Å². The van der Waals surface area contributed by atoms with Crippen LogP contribution in [0.2, 0.25) is 0 Å². The molecule has 0 radical (unpaired) electrons. The Balaban J connectivity index is 2.31. The molecule has 0 aliphatic carbocycles. The number of aryl methyl sites for hydroxylation is 1. The normalized spacial score (nSPS) is 12.5. The van der Waals surface area contributed by atoms with Crippen LogP contribution in [0.15, 0.2) is 48.5 Å². The quantitative estimate of drug-likeness (QED) is 0.905. The minimum Gasteiger partial charge on any atom is -0.324 e. The number of carbonyl (C=O) groups excluding carboxylic acids is 1. The minimum atomic E-state index is -3.60. The largest absolute Gasteiger partial charge is 0.324 e. The van der Waals surface area contributed by atoms with Crippen LogP contribution in [-0.4, -0.2) is 26.6 Å². The van der Waals surface area contributed by atoms with Crippen LogP contribution in [0.25, 0.3) is 0 Å². The Bertz CT molecular complexity index is 833. The number of nitrogens with zero attached hydrogens (tertiary/aromatic N) is 1. The third-order valence-corrected chi connectivity index (χ3v) is 5.20. The molecular formula is C18H22N2O3S. The molecular weight excluding hydrogens is 324 g/mol. The van der Waals surface area contributed by atoms with E-state index in [-0.39, 0.29) is 5.91 Å². The number of nitrogens with one attached hydrogen (secondary N) is 1. The van der Waals surface area contributed by atoms with Gasteiger partial charge in [-0.1, -0.05) is 30.3 Å². The van der Waals surface area contributed by atoms with E-state index in [0.717, 1.165) is 21.7 Å². The zero-order chi connectivity index (χ0) is 17.9.